The first-order chi connectivity index (χ1) is 6.11. The number of carbonyl (C=O) groups excluding carboxylic acids is 2. The van der Waals surface area contributed by atoms with E-state index in [2.05, 4.69) is 16.1 Å². The standard InChI is InChI=1S/C8H13NO4/c1-3-4-13-8(11)6(9)5-7(10)12-2/h3,6H,1,4-5,9H2,2H3/t6-/m0/s1. The van der Waals surface area contributed by atoms with Crippen LogP contribution in [0, 0.1) is 0 Å². The third kappa shape index (κ3) is 4.97. The summed E-state index contributed by atoms with van der Waals surface area (Å²) >= 11 is 0. The average Bonchev–Trinajstić information content (AvgIpc) is 2.13. The van der Waals surface area contributed by atoms with Gasteiger partial charge in [-0.05, 0) is 0 Å². The molecule has 0 aromatic rings. The molecule has 13 heavy (non-hydrogen) atoms. The molecule has 0 aromatic carbocycles. The van der Waals surface area contributed by atoms with Gasteiger partial charge in [0.05, 0.1) is 13.5 Å². The fraction of sp³-hybridized carbons (Fsp3) is 0.500. The van der Waals surface area contributed by atoms with E-state index < -0.39 is 18.0 Å². The molecule has 0 unspecified atom stereocenters. The van der Waals surface area contributed by atoms with Crippen molar-refractivity contribution in [2.24, 2.45) is 5.73 Å². The second-order valence-electron chi connectivity index (χ2n) is 2.31. The third-order valence-electron chi connectivity index (χ3n) is 1.26. The molecule has 0 saturated heterocycles. The zero-order valence-corrected chi connectivity index (χ0v) is 7.49. The number of rotatable bonds is 5. The first-order valence-electron chi connectivity index (χ1n) is 3.71. The van der Waals surface area contributed by atoms with E-state index >= 15 is 0 Å². The summed E-state index contributed by atoms with van der Waals surface area (Å²) < 4.78 is 8.94. The van der Waals surface area contributed by atoms with E-state index in [-0.39, 0.29) is 13.0 Å². The molecule has 0 aliphatic rings. The normalized spacial score (nSPS) is 11.5. The fourth-order valence-corrected chi connectivity index (χ4v) is 0.594. The van der Waals surface area contributed by atoms with Crippen LogP contribution in [0.25, 0.3) is 0 Å². The molecule has 0 heterocycles. The molecule has 0 bridgehead atoms. The van der Waals surface area contributed by atoms with Crippen molar-refractivity contribution in [1.29, 1.82) is 0 Å². The first kappa shape index (κ1) is 11.6. The summed E-state index contributed by atoms with van der Waals surface area (Å²) in [5.74, 6) is -1.17. The minimum Gasteiger partial charge on any atom is -0.469 e. The van der Waals surface area contributed by atoms with Gasteiger partial charge >= 0.3 is 11.9 Å². The van der Waals surface area contributed by atoms with E-state index in [4.69, 9.17) is 5.73 Å². The van der Waals surface area contributed by atoms with Crippen LogP contribution in [0.2, 0.25) is 0 Å². The van der Waals surface area contributed by atoms with Crippen LogP contribution in [0.1, 0.15) is 6.42 Å². The van der Waals surface area contributed by atoms with E-state index in [0.717, 1.165) is 0 Å². The molecule has 0 aliphatic heterocycles. The van der Waals surface area contributed by atoms with Crippen LogP contribution in [0.5, 0.6) is 0 Å². The summed E-state index contributed by atoms with van der Waals surface area (Å²) in [6, 6.07) is -0.965. The quantitative estimate of drug-likeness (QED) is 0.468. The van der Waals surface area contributed by atoms with Crippen molar-refractivity contribution >= 4 is 11.9 Å². The Morgan fingerprint density at radius 3 is 2.69 bits per heavy atom. The van der Waals surface area contributed by atoms with E-state index in [1.165, 1.54) is 13.2 Å². The minimum atomic E-state index is -0.965. The summed E-state index contributed by atoms with van der Waals surface area (Å²) in [5.41, 5.74) is 5.32. The molecule has 0 radical (unpaired) electrons. The molecule has 0 amide bonds. The fourth-order valence-electron chi connectivity index (χ4n) is 0.594. The number of esters is 2. The monoisotopic (exact) mass is 187 g/mol. The van der Waals surface area contributed by atoms with E-state index in [1.807, 2.05) is 0 Å². The molecule has 0 fully saturated rings. The number of hydrogen-bond acceptors (Lipinski definition) is 5. The Labute approximate surface area is 76.5 Å². The summed E-state index contributed by atoms with van der Waals surface area (Å²) in [5, 5.41) is 0. The second-order valence-corrected chi connectivity index (χ2v) is 2.31. The molecule has 0 spiro atoms. The molecule has 5 heteroatoms. The molecule has 0 aliphatic carbocycles. The highest BCUT2D eigenvalue weighted by atomic mass is 16.5. The zero-order valence-electron chi connectivity index (χ0n) is 7.49. The lowest BCUT2D eigenvalue weighted by Crippen LogP contribution is -2.34. The topological polar surface area (TPSA) is 78.6 Å². The van der Waals surface area contributed by atoms with E-state index in [0.29, 0.717) is 0 Å². The highest BCUT2D eigenvalue weighted by Crippen LogP contribution is 1.94. The largest absolute Gasteiger partial charge is 0.469 e. The van der Waals surface area contributed by atoms with Gasteiger partial charge in [0.1, 0.15) is 12.6 Å². The van der Waals surface area contributed by atoms with Gasteiger partial charge in [-0.2, -0.15) is 0 Å². The Morgan fingerprint density at radius 1 is 1.62 bits per heavy atom. The Hall–Kier alpha value is -1.36. The molecule has 2 N–H and O–H groups in total. The van der Waals surface area contributed by atoms with Crippen molar-refractivity contribution in [2.45, 2.75) is 12.5 Å². The summed E-state index contributed by atoms with van der Waals surface area (Å²) in [4.78, 5) is 21.6. The predicted octanol–water partition coefficient (Wildman–Crippen LogP) is -0.394. The molecule has 0 rings (SSSR count). The highest BCUT2D eigenvalue weighted by molar-refractivity contribution is 5.82. The van der Waals surface area contributed by atoms with Crippen LogP contribution in [-0.4, -0.2) is 31.7 Å². The molecular formula is C8H13NO4. The van der Waals surface area contributed by atoms with Gasteiger partial charge < -0.3 is 15.2 Å². The highest BCUT2D eigenvalue weighted by Gasteiger charge is 2.18. The maximum atomic E-state index is 11.0. The number of hydrogen-bond donors (Lipinski definition) is 1. The maximum absolute atomic E-state index is 11.0. The van der Waals surface area contributed by atoms with Gasteiger partial charge in [-0.1, -0.05) is 12.7 Å². The van der Waals surface area contributed by atoms with Crippen LogP contribution in [0.4, 0.5) is 0 Å². The number of methoxy groups -OCH3 is 1. The van der Waals surface area contributed by atoms with Crippen molar-refractivity contribution in [3.63, 3.8) is 0 Å². The smallest absolute Gasteiger partial charge is 0.323 e. The molecule has 74 valence electrons. The third-order valence-corrected chi connectivity index (χ3v) is 1.26. The molecule has 1 atom stereocenters. The van der Waals surface area contributed by atoms with Crippen LogP contribution in [-0.2, 0) is 19.1 Å². The zero-order chi connectivity index (χ0) is 10.3. The van der Waals surface area contributed by atoms with Gasteiger partial charge in [0.15, 0.2) is 0 Å². The molecular weight excluding hydrogens is 174 g/mol. The molecule has 5 nitrogen and oxygen atoms in total. The van der Waals surface area contributed by atoms with Crippen LogP contribution in [0.3, 0.4) is 0 Å². The minimum absolute atomic E-state index is 0.0910. The second kappa shape index (κ2) is 6.19. The van der Waals surface area contributed by atoms with Gasteiger partial charge in [-0.15, -0.1) is 0 Å². The SMILES string of the molecule is C=CCOC(=O)[C@@H](N)CC(=O)OC. The van der Waals surface area contributed by atoms with Crippen LogP contribution >= 0.6 is 0 Å². The van der Waals surface area contributed by atoms with Crippen molar-refractivity contribution in [2.75, 3.05) is 13.7 Å². The van der Waals surface area contributed by atoms with Gasteiger partial charge in [0.25, 0.3) is 0 Å². The van der Waals surface area contributed by atoms with Gasteiger partial charge in [-0.25, -0.2) is 0 Å². The van der Waals surface area contributed by atoms with Crippen LogP contribution in [0.15, 0.2) is 12.7 Å². The number of carbonyl (C=O) groups is 2. The van der Waals surface area contributed by atoms with Crippen molar-refractivity contribution in [3.05, 3.63) is 12.7 Å². The molecule has 0 saturated carbocycles. The van der Waals surface area contributed by atoms with Gasteiger partial charge in [0.2, 0.25) is 0 Å². The number of nitrogens with two attached hydrogens (primary N) is 1. The lowest BCUT2D eigenvalue weighted by Gasteiger charge is -2.08. The van der Waals surface area contributed by atoms with E-state index in [9.17, 15) is 9.59 Å². The lowest BCUT2D eigenvalue weighted by atomic mass is 10.2. The summed E-state index contributed by atoms with van der Waals surface area (Å²) in [6.07, 6.45) is 1.25. The Kier molecular flexibility index (Phi) is 5.54. The Balaban J connectivity index is 3.81. The number of ether oxygens (including phenoxy) is 2. The summed E-state index contributed by atoms with van der Waals surface area (Å²) in [6.45, 7) is 3.45. The maximum Gasteiger partial charge on any atom is 0.323 e. The van der Waals surface area contributed by atoms with Gasteiger partial charge in [0, 0.05) is 0 Å². The Morgan fingerprint density at radius 2 is 2.23 bits per heavy atom. The van der Waals surface area contributed by atoms with Crippen molar-refractivity contribution in [1.82, 2.24) is 0 Å². The Bertz CT molecular complexity index is 202. The van der Waals surface area contributed by atoms with Crippen molar-refractivity contribution in [3.8, 4) is 0 Å². The summed E-state index contributed by atoms with van der Waals surface area (Å²) in [7, 11) is 1.23. The van der Waals surface area contributed by atoms with E-state index in [1.54, 1.807) is 0 Å². The average molecular weight is 187 g/mol. The lowest BCUT2D eigenvalue weighted by molar-refractivity contribution is -0.149. The predicted molar refractivity (Wildman–Crippen MR) is 45.8 cm³/mol. The van der Waals surface area contributed by atoms with Crippen LogP contribution < -0.4 is 5.73 Å². The molecule has 0 aromatic heterocycles. The van der Waals surface area contributed by atoms with Gasteiger partial charge in [-0.3, -0.25) is 9.59 Å². The first-order valence-corrected chi connectivity index (χ1v) is 3.71. The van der Waals surface area contributed by atoms with Crippen molar-refractivity contribution < 1.29 is 19.1 Å².